The molecule has 1 amide bonds. The summed E-state index contributed by atoms with van der Waals surface area (Å²) >= 11 is 0. The molecule has 0 aliphatic heterocycles. The van der Waals surface area contributed by atoms with Gasteiger partial charge in [-0.15, -0.1) is 0 Å². The molecule has 1 rings (SSSR count). The van der Waals surface area contributed by atoms with Gasteiger partial charge in [-0.3, -0.25) is 14.9 Å². The first-order valence-electron chi connectivity index (χ1n) is 6.68. The van der Waals surface area contributed by atoms with Gasteiger partial charge in [-0.2, -0.15) is 5.10 Å². The van der Waals surface area contributed by atoms with E-state index in [-0.39, 0.29) is 5.69 Å². The molecule has 0 bridgehead atoms. The number of aliphatic hydroxyl groups is 5. The van der Waals surface area contributed by atoms with E-state index < -0.39 is 41.9 Å². The number of benzene rings is 1. The number of nitrogens with one attached hydrogen (secondary N) is 1. The zero-order chi connectivity index (χ0) is 18.3. The Labute approximate surface area is 135 Å². The van der Waals surface area contributed by atoms with Gasteiger partial charge in [0, 0.05) is 17.7 Å². The topological polar surface area (TPSA) is 186 Å². The van der Waals surface area contributed by atoms with Crippen LogP contribution in [0.5, 0.6) is 0 Å². The lowest BCUT2D eigenvalue weighted by molar-refractivity contribution is -0.384. The lowest BCUT2D eigenvalue weighted by Gasteiger charge is -2.24. The fourth-order valence-corrected chi connectivity index (χ4v) is 1.63. The van der Waals surface area contributed by atoms with E-state index in [1.54, 1.807) is 0 Å². The Bertz CT molecular complexity index is 609. The monoisotopic (exact) mass is 343 g/mol. The van der Waals surface area contributed by atoms with Crippen LogP contribution in [-0.4, -0.2) is 73.6 Å². The molecule has 1 aromatic carbocycles. The highest BCUT2D eigenvalue weighted by Gasteiger charge is 2.34. The Hall–Kier alpha value is -2.44. The maximum atomic E-state index is 11.6. The minimum atomic E-state index is -2.12. The van der Waals surface area contributed by atoms with Gasteiger partial charge in [0.2, 0.25) is 0 Å². The molecule has 0 fully saturated rings. The van der Waals surface area contributed by atoms with Crippen molar-refractivity contribution in [3.63, 3.8) is 0 Å². The van der Waals surface area contributed by atoms with Gasteiger partial charge < -0.3 is 25.5 Å². The highest BCUT2D eigenvalue weighted by molar-refractivity contribution is 5.85. The largest absolute Gasteiger partial charge is 0.394 e. The summed E-state index contributed by atoms with van der Waals surface area (Å²) in [4.78, 5) is 21.6. The van der Waals surface area contributed by atoms with Gasteiger partial charge >= 0.3 is 0 Å². The van der Waals surface area contributed by atoms with Crippen LogP contribution in [0.1, 0.15) is 5.56 Å². The molecular weight excluding hydrogens is 326 g/mol. The third kappa shape index (κ3) is 5.33. The number of hydrogen-bond donors (Lipinski definition) is 6. The van der Waals surface area contributed by atoms with E-state index >= 15 is 0 Å². The lowest BCUT2D eigenvalue weighted by atomic mass is 10.0. The zero-order valence-corrected chi connectivity index (χ0v) is 12.3. The number of non-ortho nitro benzene ring substituents is 1. The number of nitro groups is 1. The van der Waals surface area contributed by atoms with E-state index in [1.807, 2.05) is 5.43 Å². The summed E-state index contributed by atoms with van der Waals surface area (Å²) in [7, 11) is 0. The highest BCUT2D eigenvalue weighted by Crippen LogP contribution is 2.11. The second-order valence-corrected chi connectivity index (χ2v) is 4.76. The van der Waals surface area contributed by atoms with Crippen LogP contribution >= 0.6 is 0 Å². The molecule has 0 spiro atoms. The van der Waals surface area contributed by atoms with Crippen molar-refractivity contribution < 1.29 is 35.3 Å². The first-order valence-corrected chi connectivity index (χ1v) is 6.68. The average molecular weight is 343 g/mol. The van der Waals surface area contributed by atoms with Crippen molar-refractivity contribution in [1.29, 1.82) is 0 Å². The van der Waals surface area contributed by atoms with Gasteiger partial charge in [-0.05, 0) is 0 Å². The molecule has 0 aliphatic carbocycles. The molecule has 11 nitrogen and oxygen atoms in total. The van der Waals surface area contributed by atoms with Crippen molar-refractivity contribution in [3.05, 3.63) is 39.9 Å². The maximum absolute atomic E-state index is 11.6. The second kappa shape index (κ2) is 9.00. The Morgan fingerprint density at radius 1 is 1.29 bits per heavy atom. The van der Waals surface area contributed by atoms with E-state index in [9.17, 15) is 30.2 Å². The molecule has 4 unspecified atom stereocenters. The number of hydrazone groups is 1. The summed E-state index contributed by atoms with van der Waals surface area (Å²) in [5.74, 6) is -1.19. The SMILES string of the molecule is O=C(N/N=C/c1cccc([N+](=O)[O-])c1)C(O)C(O)C(O)C(O)CO. The fraction of sp³-hybridized carbons (Fsp3) is 0.385. The molecule has 0 heterocycles. The molecule has 0 saturated heterocycles. The van der Waals surface area contributed by atoms with Gasteiger partial charge in [0.25, 0.3) is 11.6 Å². The average Bonchev–Trinajstić information content (AvgIpc) is 2.59. The normalized spacial score (nSPS) is 16.4. The van der Waals surface area contributed by atoms with Gasteiger partial charge in [0.05, 0.1) is 17.7 Å². The number of rotatable bonds is 8. The molecule has 4 atom stereocenters. The predicted octanol–water partition coefficient (Wildman–Crippen LogP) is -2.52. The minimum Gasteiger partial charge on any atom is -0.394 e. The molecule has 0 aliphatic rings. The Morgan fingerprint density at radius 2 is 1.96 bits per heavy atom. The summed E-state index contributed by atoms with van der Waals surface area (Å²) in [6.07, 6.45) is -6.79. The van der Waals surface area contributed by atoms with Crippen molar-refractivity contribution in [2.45, 2.75) is 24.4 Å². The molecule has 11 heteroatoms. The van der Waals surface area contributed by atoms with Crippen molar-refractivity contribution in [3.8, 4) is 0 Å². The molecular formula is C13H17N3O8. The van der Waals surface area contributed by atoms with Crippen LogP contribution in [0.25, 0.3) is 0 Å². The molecule has 24 heavy (non-hydrogen) atoms. The van der Waals surface area contributed by atoms with Crippen LogP contribution < -0.4 is 5.43 Å². The van der Waals surface area contributed by atoms with Crippen LogP contribution in [0, 0.1) is 10.1 Å². The Balaban J connectivity index is 2.64. The van der Waals surface area contributed by atoms with Crippen molar-refractivity contribution in [2.24, 2.45) is 5.10 Å². The first-order chi connectivity index (χ1) is 11.3. The van der Waals surface area contributed by atoms with Gasteiger partial charge in [0.1, 0.15) is 18.3 Å². The first kappa shape index (κ1) is 19.6. The Morgan fingerprint density at radius 3 is 2.54 bits per heavy atom. The van der Waals surface area contributed by atoms with E-state index in [2.05, 4.69) is 5.10 Å². The summed E-state index contributed by atoms with van der Waals surface area (Å²) in [6.45, 7) is -0.877. The van der Waals surface area contributed by atoms with Gasteiger partial charge in [-0.25, -0.2) is 5.43 Å². The number of aliphatic hydroxyl groups excluding tert-OH is 5. The number of nitro benzene ring substituents is 1. The van der Waals surface area contributed by atoms with E-state index in [1.165, 1.54) is 24.3 Å². The lowest BCUT2D eigenvalue weighted by Crippen LogP contribution is -2.50. The summed E-state index contributed by atoms with van der Waals surface area (Å²) in [5, 5.41) is 60.3. The minimum absolute atomic E-state index is 0.179. The highest BCUT2D eigenvalue weighted by atomic mass is 16.6. The smallest absolute Gasteiger partial charge is 0.271 e. The standard InChI is InChI=1S/C13H17N3O8/c17-6-9(18)10(19)11(20)12(21)13(22)15-14-5-7-2-1-3-8(4-7)16(23)24/h1-5,9-12,17-21H,6H2,(H,15,22)/b14-5+. The van der Waals surface area contributed by atoms with Crippen LogP contribution in [0.3, 0.4) is 0 Å². The van der Waals surface area contributed by atoms with Crippen molar-refractivity contribution in [1.82, 2.24) is 5.43 Å². The van der Waals surface area contributed by atoms with Crippen molar-refractivity contribution in [2.75, 3.05) is 6.61 Å². The third-order valence-corrected chi connectivity index (χ3v) is 2.99. The molecule has 0 aromatic heterocycles. The molecule has 6 N–H and O–H groups in total. The number of carbonyl (C=O) groups excluding carboxylic acids is 1. The van der Waals surface area contributed by atoms with Crippen LogP contribution in [-0.2, 0) is 4.79 Å². The Kier molecular flexibility index (Phi) is 7.35. The number of nitrogens with zero attached hydrogens (tertiary/aromatic N) is 2. The molecule has 132 valence electrons. The van der Waals surface area contributed by atoms with Gasteiger partial charge in [0.15, 0.2) is 6.10 Å². The number of carbonyl (C=O) groups is 1. The molecule has 0 saturated carbocycles. The van der Waals surface area contributed by atoms with Crippen LogP contribution in [0.2, 0.25) is 0 Å². The van der Waals surface area contributed by atoms with E-state index in [4.69, 9.17) is 10.2 Å². The van der Waals surface area contributed by atoms with E-state index in [0.717, 1.165) is 6.21 Å². The van der Waals surface area contributed by atoms with Crippen molar-refractivity contribution >= 4 is 17.8 Å². The zero-order valence-electron chi connectivity index (χ0n) is 12.3. The second-order valence-electron chi connectivity index (χ2n) is 4.76. The van der Waals surface area contributed by atoms with Gasteiger partial charge in [-0.1, -0.05) is 12.1 Å². The predicted molar refractivity (Wildman–Crippen MR) is 79.9 cm³/mol. The fourth-order valence-electron chi connectivity index (χ4n) is 1.63. The van der Waals surface area contributed by atoms with E-state index in [0.29, 0.717) is 5.56 Å². The summed E-state index contributed by atoms with van der Waals surface area (Å²) in [6, 6.07) is 5.36. The van der Waals surface area contributed by atoms with Crippen LogP contribution in [0.15, 0.2) is 29.4 Å². The van der Waals surface area contributed by atoms with Crippen LogP contribution in [0.4, 0.5) is 5.69 Å². The maximum Gasteiger partial charge on any atom is 0.271 e. The molecule has 0 radical (unpaired) electrons. The summed E-state index contributed by atoms with van der Waals surface area (Å²) in [5.41, 5.74) is 1.99. The third-order valence-electron chi connectivity index (χ3n) is 2.99. The molecule has 1 aromatic rings. The number of amides is 1. The number of hydrogen-bond acceptors (Lipinski definition) is 9. The summed E-state index contributed by atoms with van der Waals surface area (Å²) < 4.78 is 0. The quantitative estimate of drug-likeness (QED) is 0.169.